The largest absolute Gasteiger partial charge is 0.307 e. The van der Waals surface area contributed by atoms with Crippen molar-refractivity contribution >= 4 is 54.4 Å². The lowest BCUT2D eigenvalue weighted by molar-refractivity contribution is 1.15. The van der Waals surface area contributed by atoms with Crippen molar-refractivity contribution in [2.45, 2.75) is 0 Å². The van der Waals surface area contributed by atoms with Crippen LogP contribution in [0.3, 0.4) is 0 Å². The van der Waals surface area contributed by atoms with Crippen molar-refractivity contribution in [3.05, 3.63) is 194 Å². The lowest BCUT2D eigenvalue weighted by Crippen LogP contribution is -2.00. The van der Waals surface area contributed by atoms with Crippen LogP contribution in [-0.2, 0) is 0 Å². The average Bonchev–Trinajstić information content (AvgIpc) is 3.77. The molecule has 11 rings (SSSR count). The van der Waals surface area contributed by atoms with Crippen molar-refractivity contribution in [3.8, 4) is 45.3 Å². The summed E-state index contributed by atoms with van der Waals surface area (Å²) in [6.45, 7) is 0. The topological polar surface area (TPSA) is 35.6 Å². The number of benzene rings is 8. The van der Waals surface area contributed by atoms with Gasteiger partial charge in [-0.05, 0) is 53.9 Å². The van der Waals surface area contributed by atoms with Gasteiger partial charge in [-0.1, -0.05) is 146 Å². The first-order valence-electron chi connectivity index (χ1n) is 18.3. The van der Waals surface area contributed by atoms with Gasteiger partial charge in [0.05, 0.1) is 39.1 Å². The van der Waals surface area contributed by atoms with Gasteiger partial charge in [0.1, 0.15) is 0 Å². The van der Waals surface area contributed by atoms with Gasteiger partial charge in [-0.25, -0.2) is 9.97 Å². The minimum absolute atomic E-state index is 0.697. The van der Waals surface area contributed by atoms with Gasteiger partial charge >= 0.3 is 0 Å². The number of rotatable bonds is 5. The molecule has 0 saturated heterocycles. The Kier molecular flexibility index (Phi) is 6.82. The molecule has 0 unspecified atom stereocenters. The fourth-order valence-corrected chi connectivity index (χ4v) is 8.27. The van der Waals surface area contributed by atoms with E-state index >= 15 is 0 Å². The minimum Gasteiger partial charge on any atom is -0.307 e. The molecule has 0 spiro atoms. The van der Waals surface area contributed by atoms with Crippen LogP contribution in [0, 0.1) is 0 Å². The molecule has 0 aliphatic heterocycles. The lowest BCUT2D eigenvalue weighted by Gasteiger charge is -2.15. The molecule has 0 aliphatic carbocycles. The quantitative estimate of drug-likeness (QED) is 0.180. The SMILES string of the molecule is c1ccc(-c2cc(-c3ccccc3)nc(-c3ccc(-n4c5ccccc5c5ccc6c7ccccc7n(-c7cccc8ccccc78)c6c54)cc3)n2)cc1. The summed E-state index contributed by atoms with van der Waals surface area (Å²) in [5, 5.41) is 7.35. The first-order valence-corrected chi connectivity index (χ1v) is 18.3. The van der Waals surface area contributed by atoms with E-state index in [-0.39, 0.29) is 0 Å². The minimum atomic E-state index is 0.697. The molecule has 3 aromatic heterocycles. The Labute approximate surface area is 311 Å². The van der Waals surface area contributed by atoms with Gasteiger partial charge in [-0.2, -0.15) is 0 Å². The molecule has 0 bridgehead atoms. The van der Waals surface area contributed by atoms with Crippen LogP contribution in [0.25, 0.3) is 99.7 Å². The highest BCUT2D eigenvalue weighted by Gasteiger charge is 2.22. The number of fused-ring (bicyclic) bond motifs is 8. The van der Waals surface area contributed by atoms with Gasteiger partial charge in [-0.3, -0.25) is 0 Å². The second-order valence-corrected chi connectivity index (χ2v) is 13.8. The second-order valence-electron chi connectivity index (χ2n) is 13.8. The molecular formula is C50H32N4. The standard InChI is InChI=1S/C50H32N4/c1-3-15-34(16-4-1)43-32-44(35-17-5-2-6-18-35)52-50(51-43)36-26-28-37(29-27-36)53-46-23-11-9-21-39(46)41-30-31-42-40-22-10-12-24-47(40)54(49(42)48(41)53)45-25-13-19-33-14-7-8-20-38(33)45/h1-32H. The highest BCUT2D eigenvalue weighted by molar-refractivity contribution is 6.24. The zero-order valence-corrected chi connectivity index (χ0v) is 29.3. The van der Waals surface area contributed by atoms with Crippen molar-refractivity contribution in [2.75, 3.05) is 0 Å². The van der Waals surface area contributed by atoms with Crippen molar-refractivity contribution in [1.29, 1.82) is 0 Å². The van der Waals surface area contributed by atoms with E-state index in [1.807, 2.05) is 12.1 Å². The van der Waals surface area contributed by atoms with Crippen LogP contribution in [0.5, 0.6) is 0 Å². The molecular weight excluding hydrogens is 657 g/mol. The van der Waals surface area contributed by atoms with Crippen LogP contribution in [0.1, 0.15) is 0 Å². The summed E-state index contributed by atoms with van der Waals surface area (Å²) in [5.74, 6) is 0.697. The summed E-state index contributed by atoms with van der Waals surface area (Å²) < 4.78 is 4.92. The predicted octanol–water partition coefficient (Wildman–Crippen LogP) is 12.8. The molecule has 0 amide bonds. The Morgan fingerprint density at radius 3 is 1.46 bits per heavy atom. The van der Waals surface area contributed by atoms with Gasteiger partial charge in [0.25, 0.3) is 0 Å². The Morgan fingerprint density at radius 1 is 0.333 bits per heavy atom. The first kappa shape index (κ1) is 30.3. The number of nitrogens with zero attached hydrogens (tertiary/aromatic N) is 4. The van der Waals surface area contributed by atoms with E-state index in [4.69, 9.17) is 9.97 Å². The Morgan fingerprint density at radius 2 is 0.833 bits per heavy atom. The van der Waals surface area contributed by atoms with E-state index < -0.39 is 0 Å². The van der Waals surface area contributed by atoms with Crippen molar-refractivity contribution in [2.24, 2.45) is 0 Å². The van der Waals surface area contributed by atoms with E-state index in [2.05, 4.69) is 191 Å². The summed E-state index contributed by atoms with van der Waals surface area (Å²) in [5.41, 5.74) is 11.9. The van der Waals surface area contributed by atoms with E-state index in [1.165, 1.54) is 54.6 Å². The molecule has 0 aliphatic rings. The molecule has 252 valence electrons. The van der Waals surface area contributed by atoms with Gasteiger partial charge in [0.2, 0.25) is 0 Å². The van der Waals surface area contributed by atoms with E-state index in [9.17, 15) is 0 Å². The van der Waals surface area contributed by atoms with E-state index in [0.717, 1.165) is 39.3 Å². The fourth-order valence-electron chi connectivity index (χ4n) is 8.27. The average molecular weight is 689 g/mol. The molecule has 11 aromatic rings. The van der Waals surface area contributed by atoms with Crippen LogP contribution in [0.4, 0.5) is 0 Å². The molecule has 0 N–H and O–H groups in total. The van der Waals surface area contributed by atoms with Crippen LogP contribution in [-0.4, -0.2) is 19.1 Å². The van der Waals surface area contributed by atoms with Crippen molar-refractivity contribution in [3.63, 3.8) is 0 Å². The van der Waals surface area contributed by atoms with Gasteiger partial charge in [-0.15, -0.1) is 0 Å². The fraction of sp³-hybridized carbons (Fsp3) is 0. The lowest BCUT2D eigenvalue weighted by atomic mass is 10.1. The van der Waals surface area contributed by atoms with E-state index in [1.54, 1.807) is 0 Å². The molecule has 4 nitrogen and oxygen atoms in total. The number of hydrogen-bond acceptors (Lipinski definition) is 2. The molecule has 8 aromatic carbocycles. The Hall–Kier alpha value is -7.30. The summed E-state index contributed by atoms with van der Waals surface area (Å²) >= 11 is 0. The summed E-state index contributed by atoms with van der Waals surface area (Å²) in [6.07, 6.45) is 0. The van der Waals surface area contributed by atoms with Crippen LogP contribution in [0.2, 0.25) is 0 Å². The van der Waals surface area contributed by atoms with Crippen molar-refractivity contribution in [1.82, 2.24) is 19.1 Å². The predicted molar refractivity (Wildman–Crippen MR) is 225 cm³/mol. The van der Waals surface area contributed by atoms with Crippen LogP contribution in [0.15, 0.2) is 194 Å². The third kappa shape index (κ3) is 4.70. The van der Waals surface area contributed by atoms with Crippen LogP contribution >= 0.6 is 0 Å². The van der Waals surface area contributed by atoms with Crippen LogP contribution < -0.4 is 0 Å². The summed E-state index contributed by atoms with van der Waals surface area (Å²) in [6, 6.07) is 69.0. The molecule has 3 heterocycles. The first-order chi connectivity index (χ1) is 26.8. The number of para-hydroxylation sites is 2. The molecule has 0 radical (unpaired) electrons. The summed E-state index contributed by atoms with van der Waals surface area (Å²) in [7, 11) is 0. The maximum atomic E-state index is 5.11. The maximum absolute atomic E-state index is 5.11. The highest BCUT2D eigenvalue weighted by atomic mass is 15.0. The number of hydrogen-bond donors (Lipinski definition) is 0. The third-order valence-corrected chi connectivity index (χ3v) is 10.7. The number of aromatic nitrogens is 4. The third-order valence-electron chi connectivity index (χ3n) is 10.7. The van der Waals surface area contributed by atoms with E-state index in [0.29, 0.717) is 5.82 Å². The normalized spacial score (nSPS) is 11.7. The Bertz CT molecular complexity index is 3130. The highest BCUT2D eigenvalue weighted by Crippen LogP contribution is 2.42. The zero-order chi connectivity index (χ0) is 35.6. The Balaban J connectivity index is 1.16. The molecule has 4 heteroatoms. The summed E-state index contributed by atoms with van der Waals surface area (Å²) in [4.78, 5) is 10.2. The van der Waals surface area contributed by atoms with Gasteiger partial charge in [0.15, 0.2) is 5.82 Å². The molecule has 54 heavy (non-hydrogen) atoms. The van der Waals surface area contributed by atoms with Gasteiger partial charge < -0.3 is 9.13 Å². The second kappa shape index (κ2) is 12.1. The zero-order valence-electron chi connectivity index (χ0n) is 29.3. The maximum Gasteiger partial charge on any atom is 0.160 e. The monoisotopic (exact) mass is 688 g/mol. The molecule has 0 saturated carbocycles. The molecule has 0 atom stereocenters. The van der Waals surface area contributed by atoms with Gasteiger partial charge in [0, 0.05) is 49.3 Å². The molecule has 0 fully saturated rings. The smallest absolute Gasteiger partial charge is 0.160 e. The van der Waals surface area contributed by atoms with Crippen molar-refractivity contribution < 1.29 is 0 Å².